The van der Waals surface area contributed by atoms with Gasteiger partial charge >= 0.3 is 0 Å². The van der Waals surface area contributed by atoms with Crippen LogP contribution >= 0.6 is 0 Å². The molecule has 0 spiro atoms. The van der Waals surface area contributed by atoms with E-state index in [2.05, 4.69) is 20.3 Å². The average molecular weight is 592 g/mol. The minimum Gasteiger partial charge on any atom is -0.489 e. The van der Waals surface area contributed by atoms with Gasteiger partial charge in [0.15, 0.2) is 11.6 Å². The second-order valence-corrected chi connectivity index (χ2v) is 11.1. The van der Waals surface area contributed by atoms with E-state index in [0.29, 0.717) is 10.9 Å². The summed E-state index contributed by atoms with van der Waals surface area (Å²) in [6.45, 7) is -5.72. The molecule has 4 heterocycles. The summed E-state index contributed by atoms with van der Waals surface area (Å²) in [6.07, 6.45) is -0.618. The number of alkyl halides is 2. The zero-order valence-electron chi connectivity index (χ0n) is 26.3. The molecule has 13 heteroatoms. The third-order valence-electron chi connectivity index (χ3n) is 6.28. The quantitative estimate of drug-likeness (QED) is 0.317. The van der Waals surface area contributed by atoms with Gasteiger partial charge in [-0.2, -0.15) is 0 Å². The zero-order chi connectivity index (χ0) is 33.6. The molecule has 3 aromatic heterocycles. The van der Waals surface area contributed by atoms with E-state index >= 15 is 0 Å². The summed E-state index contributed by atoms with van der Waals surface area (Å²) < 4.78 is 116. The summed E-state index contributed by atoms with van der Waals surface area (Å²) in [5.41, 5.74) is -1.98. The molecule has 0 fully saturated rings. The van der Waals surface area contributed by atoms with Crippen molar-refractivity contribution >= 4 is 26.6 Å². The molecule has 1 N–H and O–H groups in total. The molecule has 1 aromatic carbocycles. The number of amides is 1. The van der Waals surface area contributed by atoms with Crippen molar-refractivity contribution in [3.05, 3.63) is 71.4 Å². The van der Waals surface area contributed by atoms with Gasteiger partial charge in [-0.3, -0.25) is 9.78 Å². The summed E-state index contributed by atoms with van der Waals surface area (Å²) in [6, 6.07) is 8.95. The minimum atomic E-state index is -4.59. The van der Waals surface area contributed by atoms with Crippen LogP contribution in [0.2, 0.25) is 0 Å². The second kappa shape index (κ2) is 11.3. The van der Waals surface area contributed by atoms with E-state index in [1.807, 2.05) is 0 Å². The minimum absolute atomic E-state index is 0.0748. The number of carbonyl (C=O) groups is 1. The Kier molecular flexibility index (Phi) is 6.19. The van der Waals surface area contributed by atoms with E-state index in [4.69, 9.17) is 16.3 Å². The number of hydrogen-bond acceptors (Lipinski definition) is 8. The highest BCUT2D eigenvalue weighted by Crippen LogP contribution is 2.35. The maximum absolute atomic E-state index is 14.7. The summed E-state index contributed by atoms with van der Waals surface area (Å²) in [4.78, 5) is 24.9. The lowest BCUT2D eigenvalue weighted by atomic mass is 10.1. The Morgan fingerprint density at radius 2 is 2.10 bits per heavy atom. The lowest BCUT2D eigenvalue weighted by Crippen LogP contribution is -2.24. The normalized spacial score (nSPS) is 19.2. The maximum atomic E-state index is 14.7. The molecule has 0 aliphatic carbocycles. The molecule has 41 heavy (non-hydrogen) atoms. The topological polar surface area (TPSA) is 120 Å². The molecule has 2 atom stereocenters. The maximum Gasteiger partial charge on any atom is 0.251 e. The number of halogens is 3. The van der Waals surface area contributed by atoms with Crippen molar-refractivity contribution in [2.45, 2.75) is 43.3 Å². The zero-order valence-corrected chi connectivity index (χ0v) is 22.1. The summed E-state index contributed by atoms with van der Waals surface area (Å²) in [7, 11) is -4.59. The number of pyridine rings is 3. The number of carbonyl (C=O) groups excluding carboxylic acids is 1. The standard InChI is InChI=1S/C28H25F3N4O5S/c1-3-39-28-19(5-7-21(35-28)15(2)29)22-6-4-16-13-32-18(12-23(16)34-22)14-33-27(36)17-10-20(30)26-24(11-17)41(37,38)25(31)8-9-40-26/h4-7,10-13,15,25H,3,8-9,14H2,1-2H3,(H,33,36)/t15-,25+/m0/s1/i1D3,3D2. The first-order valence-corrected chi connectivity index (χ1v) is 13.7. The SMILES string of the molecule is [2H]C([2H])([2H])C([2H])([2H])Oc1nc([C@H](C)F)ccc1-c1ccc2cnc(CNC(=O)c3cc(F)c4c(c3)S(=O)(=O)[C@@H](F)CCO4)cc2n1. The van der Waals surface area contributed by atoms with E-state index in [-0.39, 0.29) is 41.4 Å². The molecule has 1 aliphatic rings. The average Bonchev–Trinajstić information content (AvgIpc) is 3.09. The molecular formula is C28H25F3N4O5S. The lowest BCUT2D eigenvalue weighted by molar-refractivity contribution is 0.0949. The molecular weight excluding hydrogens is 561 g/mol. The van der Waals surface area contributed by atoms with Crippen molar-refractivity contribution < 1.29 is 42.7 Å². The molecule has 4 aromatic rings. The van der Waals surface area contributed by atoms with Crippen LogP contribution in [0.15, 0.2) is 53.6 Å². The van der Waals surface area contributed by atoms with Gasteiger partial charge in [0.25, 0.3) is 5.91 Å². The Bertz CT molecular complexity index is 1950. The van der Waals surface area contributed by atoms with Crippen LogP contribution in [-0.4, -0.2) is 47.9 Å². The van der Waals surface area contributed by atoms with Gasteiger partial charge in [0.1, 0.15) is 11.1 Å². The highest BCUT2D eigenvalue weighted by atomic mass is 32.2. The van der Waals surface area contributed by atoms with Gasteiger partial charge in [0.2, 0.25) is 21.2 Å². The van der Waals surface area contributed by atoms with Gasteiger partial charge in [-0.1, -0.05) is 0 Å². The third kappa shape index (κ3) is 5.67. The number of hydrogen-bond donors (Lipinski definition) is 1. The van der Waals surface area contributed by atoms with Crippen LogP contribution in [-0.2, 0) is 16.4 Å². The van der Waals surface area contributed by atoms with Crippen LogP contribution in [0, 0.1) is 5.82 Å². The second-order valence-electron chi connectivity index (χ2n) is 9.03. The molecule has 214 valence electrons. The van der Waals surface area contributed by atoms with Gasteiger partial charge in [-0.05, 0) is 56.2 Å². The van der Waals surface area contributed by atoms with Crippen molar-refractivity contribution in [3.63, 3.8) is 0 Å². The number of aromatic nitrogens is 3. The number of ether oxygens (including phenoxy) is 2. The Labute approximate surface area is 240 Å². The Morgan fingerprint density at radius 3 is 2.88 bits per heavy atom. The number of nitrogens with one attached hydrogen (secondary N) is 1. The van der Waals surface area contributed by atoms with Crippen molar-refractivity contribution in [3.8, 4) is 22.9 Å². The van der Waals surface area contributed by atoms with E-state index in [1.165, 1.54) is 37.4 Å². The smallest absolute Gasteiger partial charge is 0.251 e. The van der Waals surface area contributed by atoms with Crippen LogP contribution in [0.3, 0.4) is 0 Å². The van der Waals surface area contributed by atoms with Crippen LogP contribution in [0.25, 0.3) is 22.2 Å². The molecule has 9 nitrogen and oxygen atoms in total. The van der Waals surface area contributed by atoms with E-state index in [1.54, 1.807) is 6.07 Å². The van der Waals surface area contributed by atoms with Gasteiger partial charge in [-0.25, -0.2) is 31.6 Å². The first-order valence-electron chi connectivity index (χ1n) is 14.7. The molecule has 5 rings (SSSR count). The fourth-order valence-electron chi connectivity index (χ4n) is 4.17. The number of fused-ring (bicyclic) bond motifs is 2. The van der Waals surface area contributed by atoms with Crippen molar-refractivity contribution in [1.82, 2.24) is 20.3 Å². The van der Waals surface area contributed by atoms with Crippen molar-refractivity contribution in [1.29, 1.82) is 0 Å². The largest absolute Gasteiger partial charge is 0.489 e. The summed E-state index contributed by atoms with van der Waals surface area (Å²) in [5, 5.41) is 3.04. The van der Waals surface area contributed by atoms with Crippen LogP contribution in [0.5, 0.6) is 11.6 Å². The Balaban J connectivity index is 1.42. The van der Waals surface area contributed by atoms with Gasteiger partial charge < -0.3 is 14.8 Å². The molecule has 0 radical (unpaired) electrons. The summed E-state index contributed by atoms with van der Waals surface area (Å²) >= 11 is 0. The van der Waals surface area contributed by atoms with Crippen LogP contribution < -0.4 is 14.8 Å². The lowest BCUT2D eigenvalue weighted by Gasteiger charge is -2.12. The van der Waals surface area contributed by atoms with E-state index in [9.17, 15) is 26.4 Å². The van der Waals surface area contributed by atoms with Gasteiger partial charge in [0, 0.05) is 27.7 Å². The van der Waals surface area contributed by atoms with Gasteiger partial charge in [-0.15, -0.1) is 0 Å². The first-order chi connectivity index (χ1) is 21.5. The monoisotopic (exact) mass is 591 g/mol. The molecule has 0 saturated carbocycles. The fraction of sp³-hybridized carbons (Fsp3) is 0.286. The third-order valence-corrected chi connectivity index (χ3v) is 8.10. The van der Waals surface area contributed by atoms with Crippen molar-refractivity contribution in [2.24, 2.45) is 0 Å². The van der Waals surface area contributed by atoms with Gasteiger partial charge in [0.05, 0.1) is 50.6 Å². The Hall–Kier alpha value is -4.26. The molecule has 1 aliphatic heterocycles. The number of nitrogens with zero attached hydrogens (tertiary/aromatic N) is 3. The molecule has 0 saturated heterocycles. The first kappa shape index (κ1) is 22.4. The van der Waals surface area contributed by atoms with E-state index in [0.717, 1.165) is 12.1 Å². The number of sulfone groups is 1. The highest BCUT2D eigenvalue weighted by molar-refractivity contribution is 7.92. The fourth-order valence-corrected chi connectivity index (χ4v) is 5.56. The molecule has 1 amide bonds. The van der Waals surface area contributed by atoms with E-state index < -0.39 is 69.6 Å². The predicted octanol–water partition coefficient (Wildman–Crippen LogP) is 5.04. The highest BCUT2D eigenvalue weighted by Gasteiger charge is 2.35. The molecule has 0 bridgehead atoms. The number of rotatable bonds is 7. The Morgan fingerprint density at radius 1 is 1.27 bits per heavy atom. The number of benzene rings is 1. The van der Waals surface area contributed by atoms with Crippen LogP contribution in [0.1, 0.15) is 55.0 Å². The van der Waals surface area contributed by atoms with Crippen LogP contribution in [0.4, 0.5) is 13.2 Å². The predicted molar refractivity (Wildman–Crippen MR) is 143 cm³/mol. The summed E-state index contributed by atoms with van der Waals surface area (Å²) in [5.74, 6) is -3.16. The molecule has 0 unspecified atom stereocenters. The van der Waals surface area contributed by atoms with Crippen molar-refractivity contribution in [2.75, 3.05) is 13.2 Å².